The Morgan fingerprint density at radius 2 is 2.27 bits per heavy atom. The second-order valence-corrected chi connectivity index (χ2v) is 2.65. The number of aliphatic hydroxyl groups is 1. The minimum atomic E-state index is -4.56. The zero-order valence-corrected chi connectivity index (χ0v) is 7.47. The third-order valence-corrected chi connectivity index (χ3v) is 1.61. The van der Waals surface area contributed by atoms with Crippen molar-refractivity contribution in [2.24, 2.45) is 12.2 Å². The summed E-state index contributed by atoms with van der Waals surface area (Å²) in [7, 11) is 1.08. The number of aromatic nitrogens is 2. The minimum Gasteiger partial charge on any atom is -0.381 e. The van der Waals surface area contributed by atoms with Crippen LogP contribution in [0.5, 0.6) is 0 Å². The fraction of sp³-hybridized carbons (Fsp3) is 0.500. The highest BCUT2D eigenvalue weighted by Crippen LogP contribution is 2.30. The summed E-state index contributed by atoms with van der Waals surface area (Å²) >= 11 is 0. The lowest BCUT2D eigenvalue weighted by molar-refractivity contribution is -0.143. The minimum absolute atomic E-state index is 0.345. The summed E-state index contributed by atoms with van der Waals surface area (Å²) in [5.74, 6) is 0. The fourth-order valence-corrected chi connectivity index (χ4v) is 0.989. The van der Waals surface area contributed by atoms with Gasteiger partial charge < -0.3 is 5.11 Å². The lowest BCUT2D eigenvalue weighted by atomic mass is 10.3. The number of alkyl halides is 3. The molecule has 1 aromatic rings. The number of aliphatic hydroxyl groups excluding tert-OH is 1. The lowest BCUT2D eigenvalue weighted by Gasteiger charge is -2.04. The molecule has 15 heavy (non-hydrogen) atoms. The SMILES string of the molecule is Cn1nc(C(O)N=[N+]=[N-])cc1C(F)(F)F. The average molecular weight is 221 g/mol. The monoisotopic (exact) mass is 221 g/mol. The predicted molar refractivity (Wildman–Crippen MR) is 42.3 cm³/mol. The molecule has 1 N–H and O–H groups in total. The van der Waals surface area contributed by atoms with Crippen LogP contribution in [-0.2, 0) is 13.2 Å². The second kappa shape index (κ2) is 3.79. The number of azide groups is 1. The van der Waals surface area contributed by atoms with Gasteiger partial charge in [0.1, 0.15) is 5.69 Å². The molecule has 0 radical (unpaired) electrons. The Kier molecular flexibility index (Phi) is 2.87. The highest BCUT2D eigenvalue weighted by atomic mass is 19.4. The van der Waals surface area contributed by atoms with Crippen molar-refractivity contribution in [2.75, 3.05) is 0 Å². The summed E-state index contributed by atoms with van der Waals surface area (Å²) in [6.07, 6.45) is -6.27. The summed E-state index contributed by atoms with van der Waals surface area (Å²) in [4.78, 5) is 2.26. The average Bonchev–Trinajstić information content (AvgIpc) is 2.47. The predicted octanol–water partition coefficient (Wildman–Crippen LogP) is 1.74. The van der Waals surface area contributed by atoms with Gasteiger partial charge in [0.2, 0.25) is 0 Å². The number of hydrogen-bond acceptors (Lipinski definition) is 3. The van der Waals surface area contributed by atoms with Crippen molar-refractivity contribution >= 4 is 0 Å². The van der Waals surface area contributed by atoms with E-state index < -0.39 is 18.1 Å². The van der Waals surface area contributed by atoms with Crippen LogP contribution in [0.3, 0.4) is 0 Å². The Bertz CT molecular complexity index is 405. The third-order valence-electron chi connectivity index (χ3n) is 1.61. The fourth-order valence-electron chi connectivity index (χ4n) is 0.989. The van der Waals surface area contributed by atoms with Crippen LogP contribution in [0.4, 0.5) is 13.2 Å². The van der Waals surface area contributed by atoms with Gasteiger partial charge in [-0.05, 0) is 11.6 Å². The molecular formula is C6H6F3N5O. The first-order valence-electron chi connectivity index (χ1n) is 3.69. The standard InChI is InChI=1S/C6H6F3N5O/c1-14-4(6(7,8)9)2-3(12-14)5(15)11-13-10/h2,5,15H,1H3. The normalized spacial score (nSPS) is 13.4. The van der Waals surface area contributed by atoms with Crippen molar-refractivity contribution < 1.29 is 18.3 Å². The van der Waals surface area contributed by atoms with E-state index in [0.29, 0.717) is 10.7 Å². The van der Waals surface area contributed by atoms with Crippen molar-refractivity contribution in [2.45, 2.75) is 12.4 Å². The van der Waals surface area contributed by atoms with E-state index in [9.17, 15) is 13.2 Å². The first kappa shape index (κ1) is 11.3. The quantitative estimate of drug-likeness (QED) is 0.468. The van der Waals surface area contributed by atoms with Gasteiger partial charge in [-0.2, -0.15) is 18.3 Å². The van der Waals surface area contributed by atoms with E-state index in [1.807, 2.05) is 0 Å². The number of nitrogens with zero attached hydrogens (tertiary/aromatic N) is 5. The molecule has 9 heteroatoms. The van der Waals surface area contributed by atoms with Crippen LogP contribution in [0.2, 0.25) is 0 Å². The van der Waals surface area contributed by atoms with Crippen LogP contribution in [0.15, 0.2) is 11.2 Å². The number of aryl methyl sites for hydroxylation is 1. The van der Waals surface area contributed by atoms with Crippen molar-refractivity contribution in [3.8, 4) is 0 Å². The van der Waals surface area contributed by atoms with Gasteiger partial charge in [-0.15, -0.1) is 0 Å². The van der Waals surface area contributed by atoms with Gasteiger partial charge in [0.15, 0.2) is 6.23 Å². The van der Waals surface area contributed by atoms with E-state index in [4.69, 9.17) is 10.6 Å². The maximum Gasteiger partial charge on any atom is 0.433 e. The molecule has 1 heterocycles. The maximum atomic E-state index is 12.3. The van der Waals surface area contributed by atoms with E-state index in [1.165, 1.54) is 0 Å². The molecule has 0 saturated carbocycles. The molecule has 0 aliphatic heterocycles. The van der Waals surface area contributed by atoms with Crippen LogP contribution >= 0.6 is 0 Å². The largest absolute Gasteiger partial charge is 0.433 e. The summed E-state index contributed by atoms with van der Waals surface area (Å²) in [6.45, 7) is 0. The molecule has 1 rings (SSSR count). The maximum absolute atomic E-state index is 12.3. The van der Waals surface area contributed by atoms with Crippen LogP contribution in [0.25, 0.3) is 10.4 Å². The molecule has 0 amide bonds. The topological polar surface area (TPSA) is 86.8 Å². The van der Waals surface area contributed by atoms with Gasteiger partial charge in [-0.3, -0.25) is 4.68 Å². The molecule has 0 spiro atoms. The van der Waals surface area contributed by atoms with Gasteiger partial charge in [0.05, 0.1) is 5.69 Å². The van der Waals surface area contributed by atoms with Crippen LogP contribution < -0.4 is 0 Å². The summed E-state index contributed by atoms with van der Waals surface area (Å²) in [6, 6.07) is 0.624. The smallest absolute Gasteiger partial charge is 0.381 e. The number of hydrogen-bond donors (Lipinski definition) is 1. The molecule has 0 bridgehead atoms. The van der Waals surface area contributed by atoms with Crippen molar-refractivity contribution in [1.29, 1.82) is 0 Å². The number of rotatable bonds is 2. The Hall–Kier alpha value is -1.73. The van der Waals surface area contributed by atoms with Gasteiger partial charge in [0.25, 0.3) is 0 Å². The molecule has 6 nitrogen and oxygen atoms in total. The van der Waals surface area contributed by atoms with Crippen LogP contribution in [-0.4, -0.2) is 14.9 Å². The van der Waals surface area contributed by atoms with Gasteiger partial charge in [-0.25, -0.2) is 0 Å². The zero-order chi connectivity index (χ0) is 11.6. The van der Waals surface area contributed by atoms with E-state index in [-0.39, 0.29) is 5.69 Å². The first-order valence-corrected chi connectivity index (χ1v) is 3.69. The Morgan fingerprint density at radius 1 is 1.67 bits per heavy atom. The van der Waals surface area contributed by atoms with Crippen LogP contribution in [0.1, 0.15) is 17.6 Å². The number of halogens is 3. The molecule has 1 unspecified atom stereocenters. The Labute approximate surface area is 81.6 Å². The molecule has 1 aromatic heterocycles. The van der Waals surface area contributed by atoms with Gasteiger partial charge in [-0.1, -0.05) is 5.11 Å². The summed E-state index contributed by atoms with van der Waals surface area (Å²) < 4.78 is 37.4. The molecule has 0 aliphatic rings. The second-order valence-electron chi connectivity index (χ2n) is 2.65. The van der Waals surface area contributed by atoms with Gasteiger partial charge in [0, 0.05) is 12.0 Å². The van der Waals surface area contributed by atoms with E-state index in [1.54, 1.807) is 0 Å². The van der Waals surface area contributed by atoms with Crippen molar-refractivity contribution in [3.05, 3.63) is 27.9 Å². The molecule has 0 saturated heterocycles. The van der Waals surface area contributed by atoms with E-state index >= 15 is 0 Å². The molecule has 82 valence electrons. The summed E-state index contributed by atoms with van der Waals surface area (Å²) in [5, 5.41) is 15.3. The Balaban J connectivity index is 3.11. The Morgan fingerprint density at radius 3 is 2.67 bits per heavy atom. The van der Waals surface area contributed by atoms with Crippen molar-refractivity contribution in [3.63, 3.8) is 0 Å². The van der Waals surface area contributed by atoms with Crippen LogP contribution in [0, 0.1) is 0 Å². The molecular weight excluding hydrogens is 215 g/mol. The lowest BCUT2D eigenvalue weighted by Crippen LogP contribution is -2.11. The molecule has 0 fully saturated rings. The first-order chi connectivity index (χ1) is 6.86. The zero-order valence-electron chi connectivity index (χ0n) is 7.47. The highest BCUT2D eigenvalue weighted by molar-refractivity contribution is 5.14. The highest BCUT2D eigenvalue weighted by Gasteiger charge is 2.35. The molecule has 1 atom stereocenters. The third kappa shape index (κ3) is 2.39. The van der Waals surface area contributed by atoms with E-state index in [2.05, 4.69) is 15.1 Å². The van der Waals surface area contributed by atoms with Gasteiger partial charge >= 0.3 is 6.18 Å². The van der Waals surface area contributed by atoms with Crippen molar-refractivity contribution in [1.82, 2.24) is 9.78 Å². The molecule has 0 aromatic carbocycles. The molecule has 0 aliphatic carbocycles. The summed E-state index contributed by atoms with van der Waals surface area (Å²) in [5.41, 5.74) is 6.61. The van der Waals surface area contributed by atoms with E-state index in [0.717, 1.165) is 7.05 Å².